The standard InChI is InChI=1S/C9H6BrN/c10-6-5-8-1-3-9(7-11)4-2-8/h1-6H. The van der Waals surface area contributed by atoms with Crippen molar-refractivity contribution in [3.8, 4) is 6.07 Å². The Bertz CT molecular complexity index is 292. The maximum atomic E-state index is 8.48. The Hall–Kier alpha value is -1.07. The van der Waals surface area contributed by atoms with Crippen LogP contribution < -0.4 is 0 Å². The first-order valence-corrected chi connectivity index (χ1v) is 4.05. The molecular formula is C9H6BrN. The van der Waals surface area contributed by atoms with E-state index in [0.717, 1.165) is 5.56 Å². The lowest BCUT2D eigenvalue weighted by Crippen LogP contribution is -1.73. The molecule has 0 aliphatic carbocycles. The first-order chi connectivity index (χ1) is 5.36. The van der Waals surface area contributed by atoms with Gasteiger partial charge in [0.2, 0.25) is 0 Å². The maximum Gasteiger partial charge on any atom is 0.0991 e. The fraction of sp³-hybridized carbons (Fsp3) is 0. The molecule has 0 heterocycles. The molecule has 11 heavy (non-hydrogen) atoms. The molecular weight excluding hydrogens is 202 g/mol. The normalized spacial score (nSPS) is 9.82. The summed E-state index contributed by atoms with van der Waals surface area (Å²) >= 11 is 3.18. The van der Waals surface area contributed by atoms with Gasteiger partial charge in [0.1, 0.15) is 0 Å². The van der Waals surface area contributed by atoms with Crippen molar-refractivity contribution in [1.82, 2.24) is 0 Å². The van der Waals surface area contributed by atoms with E-state index in [2.05, 4.69) is 22.0 Å². The van der Waals surface area contributed by atoms with Gasteiger partial charge < -0.3 is 0 Å². The largest absolute Gasteiger partial charge is 0.192 e. The number of rotatable bonds is 1. The van der Waals surface area contributed by atoms with Crippen LogP contribution in [0.15, 0.2) is 29.3 Å². The molecule has 0 aromatic heterocycles. The number of hydrogen-bond acceptors (Lipinski definition) is 1. The van der Waals surface area contributed by atoms with Gasteiger partial charge in [-0.1, -0.05) is 28.1 Å². The molecule has 0 unspecified atom stereocenters. The van der Waals surface area contributed by atoms with E-state index in [4.69, 9.17) is 5.26 Å². The van der Waals surface area contributed by atoms with Crippen LogP contribution in [-0.4, -0.2) is 0 Å². The molecule has 0 saturated heterocycles. The van der Waals surface area contributed by atoms with Crippen LogP contribution in [0.2, 0.25) is 0 Å². The van der Waals surface area contributed by atoms with Gasteiger partial charge in [-0.05, 0) is 28.8 Å². The van der Waals surface area contributed by atoms with E-state index in [1.807, 2.05) is 18.2 Å². The zero-order valence-corrected chi connectivity index (χ0v) is 7.38. The Morgan fingerprint density at radius 3 is 2.36 bits per heavy atom. The Kier molecular flexibility index (Phi) is 2.88. The zero-order valence-electron chi connectivity index (χ0n) is 5.79. The Balaban J connectivity index is 2.94. The summed E-state index contributed by atoms with van der Waals surface area (Å²) in [5.41, 5.74) is 1.78. The van der Waals surface area contributed by atoms with Crippen LogP contribution in [0.25, 0.3) is 6.08 Å². The molecule has 54 valence electrons. The predicted octanol–water partition coefficient (Wildman–Crippen LogP) is 2.92. The minimum absolute atomic E-state index is 0.691. The monoisotopic (exact) mass is 207 g/mol. The number of nitrogens with zero attached hydrogens (tertiary/aromatic N) is 1. The summed E-state index contributed by atoms with van der Waals surface area (Å²) in [5, 5.41) is 8.48. The van der Waals surface area contributed by atoms with Gasteiger partial charge in [0, 0.05) is 0 Å². The van der Waals surface area contributed by atoms with Crippen LogP contribution in [0.1, 0.15) is 11.1 Å². The van der Waals surface area contributed by atoms with Crippen LogP contribution in [0.3, 0.4) is 0 Å². The van der Waals surface area contributed by atoms with Crippen LogP contribution in [0.5, 0.6) is 0 Å². The van der Waals surface area contributed by atoms with Crippen molar-refractivity contribution in [2.75, 3.05) is 0 Å². The molecule has 1 aromatic carbocycles. The van der Waals surface area contributed by atoms with Crippen LogP contribution >= 0.6 is 15.9 Å². The second-order valence-electron chi connectivity index (χ2n) is 2.03. The zero-order chi connectivity index (χ0) is 8.10. The molecule has 1 aromatic rings. The molecule has 1 rings (SSSR count). The molecule has 0 spiro atoms. The highest BCUT2D eigenvalue weighted by Crippen LogP contribution is 2.05. The van der Waals surface area contributed by atoms with E-state index >= 15 is 0 Å². The molecule has 0 N–H and O–H groups in total. The van der Waals surface area contributed by atoms with Crippen molar-refractivity contribution >= 4 is 22.0 Å². The van der Waals surface area contributed by atoms with E-state index in [9.17, 15) is 0 Å². The molecule has 0 radical (unpaired) electrons. The molecule has 0 saturated carbocycles. The van der Waals surface area contributed by atoms with Gasteiger partial charge in [0.15, 0.2) is 0 Å². The van der Waals surface area contributed by atoms with E-state index < -0.39 is 0 Å². The van der Waals surface area contributed by atoms with Crippen molar-refractivity contribution in [2.45, 2.75) is 0 Å². The lowest BCUT2D eigenvalue weighted by Gasteiger charge is -1.90. The number of hydrogen-bond donors (Lipinski definition) is 0. The average Bonchev–Trinajstić information content (AvgIpc) is 2.07. The summed E-state index contributed by atoms with van der Waals surface area (Å²) in [7, 11) is 0. The van der Waals surface area contributed by atoms with E-state index in [0.29, 0.717) is 5.56 Å². The minimum Gasteiger partial charge on any atom is -0.192 e. The first kappa shape index (κ1) is 8.03. The fourth-order valence-electron chi connectivity index (χ4n) is 0.742. The summed E-state index contributed by atoms with van der Waals surface area (Å²) in [5.74, 6) is 0. The van der Waals surface area contributed by atoms with Crippen molar-refractivity contribution in [2.24, 2.45) is 0 Å². The SMILES string of the molecule is N#Cc1ccc(C=CBr)cc1. The Labute approximate surface area is 74.1 Å². The molecule has 1 nitrogen and oxygen atoms in total. The van der Waals surface area contributed by atoms with Gasteiger partial charge in [-0.3, -0.25) is 0 Å². The third kappa shape index (κ3) is 2.21. The molecule has 0 atom stereocenters. The predicted molar refractivity (Wildman–Crippen MR) is 49.1 cm³/mol. The molecule has 0 fully saturated rings. The molecule has 0 amide bonds. The highest BCUT2D eigenvalue weighted by molar-refractivity contribution is 9.11. The summed E-state index contributed by atoms with van der Waals surface area (Å²) in [6, 6.07) is 9.45. The van der Waals surface area contributed by atoms with Crippen molar-refractivity contribution in [3.05, 3.63) is 40.4 Å². The highest BCUT2D eigenvalue weighted by Gasteiger charge is 1.87. The summed E-state index contributed by atoms with van der Waals surface area (Å²) in [6.07, 6.45) is 1.92. The minimum atomic E-state index is 0.691. The molecule has 0 aliphatic heterocycles. The van der Waals surface area contributed by atoms with Crippen molar-refractivity contribution in [1.29, 1.82) is 5.26 Å². The average molecular weight is 208 g/mol. The summed E-state index contributed by atoms with van der Waals surface area (Å²) in [6.45, 7) is 0. The van der Waals surface area contributed by atoms with Gasteiger partial charge in [-0.25, -0.2) is 0 Å². The van der Waals surface area contributed by atoms with Crippen molar-refractivity contribution < 1.29 is 0 Å². The molecule has 0 bridgehead atoms. The second-order valence-corrected chi connectivity index (χ2v) is 2.56. The van der Waals surface area contributed by atoms with E-state index in [1.54, 1.807) is 17.1 Å². The lowest BCUT2D eigenvalue weighted by atomic mass is 10.1. The van der Waals surface area contributed by atoms with Crippen LogP contribution in [0, 0.1) is 11.3 Å². The summed E-state index contributed by atoms with van der Waals surface area (Å²) in [4.78, 5) is 1.79. The quantitative estimate of drug-likeness (QED) is 0.695. The number of nitriles is 1. The molecule has 0 aliphatic rings. The third-order valence-electron chi connectivity index (χ3n) is 1.30. The third-order valence-corrected chi connectivity index (χ3v) is 1.56. The summed E-state index contributed by atoms with van der Waals surface area (Å²) < 4.78 is 0. The van der Waals surface area contributed by atoms with Crippen LogP contribution in [-0.2, 0) is 0 Å². The number of benzene rings is 1. The van der Waals surface area contributed by atoms with Gasteiger partial charge in [0.05, 0.1) is 11.6 Å². The lowest BCUT2D eigenvalue weighted by molar-refractivity contribution is 1.48. The maximum absolute atomic E-state index is 8.48. The van der Waals surface area contributed by atoms with Gasteiger partial charge >= 0.3 is 0 Å². The Morgan fingerprint density at radius 2 is 1.91 bits per heavy atom. The van der Waals surface area contributed by atoms with Gasteiger partial charge in [0.25, 0.3) is 0 Å². The number of halogens is 1. The van der Waals surface area contributed by atoms with Crippen molar-refractivity contribution in [3.63, 3.8) is 0 Å². The van der Waals surface area contributed by atoms with Gasteiger partial charge in [-0.2, -0.15) is 5.26 Å². The van der Waals surface area contributed by atoms with E-state index in [1.165, 1.54) is 0 Å². The smallest absolute Gasteiger partial charge is 0.0991 e. The Morgan fingerprint density at radius 1 is 1.27 bits per heavy atom. The first-order valence-electron chi connectivity index (χ1n) is 3.14. The molecule has 2 heteroatoms. The van der Waals surface area contributed by atoms with E-state index in [-0.39, 0.29) is 0 Å². The van der Waals surface area contributed by atoms with Gasteiger partial charge in [-0.15, -0.1) is 0 Å². The van der Waals surface area contributed by atoms with Crippen LogP contribution in [0.4, 0.5) is 0 Å². The fourth-order valence-corrected chi connectivity index (χ4v) is 1.05. The second kappa shape index (κ2) is 3.95. The topological polar surface area (TPSA) is 23.8 Å². The highest BCUT2D eigenvalue weighted by atomic mass is 79.9.